The number of carbonyl (C=O) groups excluding carboxylic acids is 1. The SMILES string of the molecule is CCn1c(-c2c(Cl)cccc2Cl)nn(-c2ccc(C(=O)OC)c(OC)c2)c1=O. The van der Waals surface area contributed by atoms with E-state index >= 15 is 0 Å². The highest BCUT2D eigenvalue weighted by molar-refractivity contribution is 6.39. The molecule has 2 aromatic carbocycles. The molecule has 0 saturated carbocycles. The van der Waals surface area contributed by atoms with Crippen LogP contribution in [-0.2, 0) is 11.3 Å². The van der Waals surface area contributed by atoms with Crippen LogP contribution >= 0.6 is 23.2 Å². The van der Waals surface area contributed by atoms with Crippen LogP contribution in [0.25, 0.3) is 17.1 Å². The molecule has 28 heavy (non-hydrogen) atoms. The van der Waals surface area contributed by atoms with E-state index in [1.807, 2.05) is 6.92 Å². The van der Waals surface area contributed by atoms with Crippen LogP contribution in [0.2, 0.25) is 10.0 Å². The van der Waals surface area contributed by atoms with Crippen molar-refractivity contribution in [3.63, 3.8) is 0 Å². The second-order valence-electron chi connectivity index (χ2n) is 5.74. The molecular formula is C19H17Cl2N3O4. The predicted octanol–water partition coefficient (Wildman–Crippen LogP) is 3.82. The Morgan fingerprint density at radius 1 is 1.14 bits per heavy atom. The molecule has 7 nitrogen and oxygen atoms in total. The summed E-state index contributed by atoms with van der Waals surface area (Å²) in [7, 11) is 2.70. The monoisotopic (exact) mass is 421 g/mol. The van der Waals surface area contributed by atoms with Crippen molar-refractivity contribution in [2.45, 2.75) is 13.5 Å². The van der Waals surface area contributed by atoms with Gasteiger partial charge in [0.15, 0.2) is 5.82 Å². The smallest absolute Gasteiger partial charge is 0.350 e. The van der Waals surface area contributed by atoms with Crippen LogP contribution in [0.3, 0.4) is 0 Å². The normalized spacial score (nSPS) is 10.8. The highest BCUT2D eigenvalue weighted by Crippen LogP contribution is 2.33. The van der Waals surface area contributed by atoms with Crippen molar-refractivity contribution >= 4 is 29.2 Å². The van der Waals surface area contributed by atoms with E-state index in [1.54, 1.807) is 30.3 Å². The zero-order valence-corrected chi connectivity index (χ0v) is 16.9. The number of aromatic nitrogens is 3. The van der Waals surface area contributed by atoms with Crippen LogP contribution in [0.1, 0.15) is 17.3 Å². The zero-order chi connectivity index (χ0) is 20.4. The molecule has 0 aliphatic heterocycles. The van der Waals surface area contributed by atoms with Crippen molar-refractivity contribution in [3.05, 3.63) is 62.5 Å². The third-order valence-corrected chi connectivity index (χ3v) is 4.83. The average molecular weight is 422 g/mol. The molecule has 3 aromatic rings. The summed E-state index contributed by atoms with van der Waals surface area (Å²) in [6.45, 7) is 2.19. The van der Waals surface area contributed by atoms with Crippen LogP contribution in [0, 0.1) is 0 Å². The van der Waals surface area contributed by atoms with E-state index < -0.39 is 5.97 Å². The third-order valence-electron chi connectivity index (χ3n) is 4.20. The number of ether oxygens (including phenoxy) is 2. The molecule has 9 heteroatoms. The maximum atomic E-state index is 12.9. The Morgan fingerprint density at radius 3 is 2.39 bits per heavy atom. The fraction of sp³-hybridized carbons (Fsp3) is 0.211. The van der Waals surface area contributed by atoms with E-state index in [-0.39, 0.29) is 17.0 Å². The van der Waals surface area contributed by atoms with Gasteiger partial charge >= 0.3 is 11.7 Å². The van der Waals surface area contributed by atoms with E-state index in [0.717, 1.165) is 0 Å². The van der Waals surface area contributed by atoms with E-state index in [9.17, 15) is 9.59 Å². The Bertz CT molecular complexity index is 1080. The van der Waals surface area contributed by atoms with Crippen LogP contribution in [0.5, 0.6) is 5.75 Å². The van der Waals surface area contributed by atoms with Crippen molar-refractivity contribution in [2.24, 2.45) is 0 Å². The molecular weight excluding hydrogens is 405 g/mol. The predicted molar refractivity (Wildman–Crippen MR) is 107 cm³/mol. The molecule has 3 rings (SSSR count). The molecule has 1 heterocycles. The Morgan fingerprint density at radius 2 is 1.82 bits per heavy atom. The molecule has 0 unspecified atom stereocenters. The molecule has 0 fully saturated rings. The van der Waals surface area contributed by atoms with E-state index in [2.05, 4.69) is 5.10 Å². The number of benzene rings is 2. The number of hydrogen-bond donors (Lipinski definition) is 0. The van der Waals surface area contributed by atoms with Gasteiger partial charge in [0.1, 0.15) is 11.3 Å². The minimum Gasteiger partial charge on any atom is -0.496 e. The topological polar surface area (TPSA) is 75.3 Å². The molecule has 0 radical (unpaired) electrons. The molecule has 0 saturated heterocycles. The van der Waals surface area contributed by atoms with Crippen molar-refractivity contribution in [1.29, 1.82) is 0 Å². The van der Waals surface area contributed by atoms with Gasteiger partial charge in [0.05, 0.1) is 35.5 Å². The van der Waals surface area contributed by atoms with Gasteiger partial charge in [-0.3, -0.25) is 4.57 Å². The number of esters is 1. The molecule has 0 aliphatic carbocycles. The standard InChI is InChI=1S/C19H17Cl2N3O4/c1-4-23-17(16-13(20)6-5-7-14(16)21)22-24(19(23)26)11-8-9-12(18(25)28-3)15(10-11)27-2/h5-10H,4H2,1-3H3. The molecule has 0 N–H and O–H groups in total. The lowest BCUT2D eigenvalue weighted by Crippen LogP contribution is -2.23. The number of rotatable bonds is 5. The second-order valence-corrected chi connectivity index (χ2v) is 6.55. The van der Waals surface area contributed by atoms with Crippen LogP contribution in [0.15, 0.2) is 41.2 Å². The fourth-order valence-electron chi connectivity index (χ4n) is 2.84. The first kappa shape index (κ1) is 20.0. The molecule has 146 valence electrons. The number of carbonyl (C=O) groups is 1. The minimum absolute atomic E-state index is 0.242. The summed E-state index contributed by atoms with van der Waals surface area (Å²) >= 11 is 12.6. The summed E-state index contributed by atoms with van der Waals surface area (Å²) in [5.74, 6) is 0.0668. The Kier molecular flexibility index (Phi) is 5.76. The number of nitrogens with zero attached hydrogens (tertiary/aromatic N) is 3. The van der Waals surface area contributed by atoms with E-state index in [0.29, 0.717) is 33.7 Å². The maximum Gasteiger partial charge on any atom is 0.350 e. The van der Waals surface area contributed by atoms with E-state index in [1.165, 1.54) is 29.5 Å². The van der Waals surface area contributed by atoms with Gasteiger partial charge in [0.2, 0.25) is 0 Å². The molecule has 0 atom stereocenters. The van der Waals surface area contributed by atoms with E-state index in [4.69, 9.17) is 32.7 Å². The molecule has 0 aliphatic rings. The lowest BCUT2D eigenvalue weighted by molar-refractivity contribution is 0.0597. The van der Waals surface area contributed by atoms with Crippen molar-refractivity contribution in [3.8, 4) is 22.8 Å². The highest BCUT2D eigenvalue weighted by atomic mass is 35.5. The summed E-state index contributed by atoms with van der Waals surface area (Å²) in [4.78, 5) is 24.8. The summed E-state index contributed by atoms with van der Waals surface area (Å²) in [6.07, 6.45) is 0. The Labute approximate surface area is 171 Å². The molecule has 1 aromatic heterocycles. The second kappa shape index (κ2) is 8.08. The fourth-order valence-corrected chi connectivity index (χ4v) is 3.40. The van der Waals surface area contributed by atoms with Crippen molar-refractivity contribution < 1.29 is 14.3 Å². The first-order chi connectivity index (χ1) is 13.4. The number of hydrogen-bond acceptors (Lipinski definition) is 5. The molecule has 0 amide bonds. The number of halogens is 2. The van der Waals surface area contributed by atoms with Crippen molar-refractivity contribution in [1.82, 2.24) is 14.3 Å². The maximum absolute atomic E-state index is 12.9. The summed E-state index contributed by atoms with van der Waals surface area (Å²) < 4.78 is 12.7. The average Bonchev–Trinajstić information content (AvgIpc) is 3.02. The third kappa shape index (κ3) is 3.39. The quantitative estimate of drug-likeness (QED) is 0.585. The first-order valence-electron chi connectivity index (χ1n) is 8.33. The molecule has 0 bridgehead atoms. The van der Waals surface area contributed by atoms with Gasteiger partial charge in [-0.05, 0) is 31.2 Å². The first-order valence-corrected chi connectivity index (χ1v) is 9.09. The van der Waals surface area contributed by atoms with Crippen LogP contribution in [0.4, 0.5) is 0 Å². The highest BCUT2D eigenvalue weighted by Gasteiger charge is 2.21. The largest absolute Gasteiger partial charge is 0.496 e. The lowest BCUT2D eigenvalue weighted by Gasteiger charge is -2.08. The Balaban J connectivity index is 2.21. The van der Waals surface area contributed by atoms with Crippen LogP contribution < -0.4 is 10.4 Å². The van der Waals surface area contributed by atoms with Gasteiger partial charge in [-0.1, -0.05) is 29.3 Å². The summed E-state index contributed by atoms with van der Waals surface area (Å²) in [5.41, 5.74) is 0.764. The summed E-state index contributed by atoms with van der Waals surface area (Å²) in [5, 5.41) is 5.21. The van der Waals surface area contributed by atoms with Crippen molar-refractivity contribution in [2.75, 3.05) is 14.2 Å². The van der Waals surface area contributed by atoms with Gasteiger partial charge in [0.25, 0.3) is 0 Å². The van der Waals surface area contributed by atoms with Gasteiger partial charge in [-0.2, -0.15) is 4.68 Å². The zero-order valence-electron chi connectivity index (χ0n) is 15.4. The lowest BCUT2D eigenvalue weighted by atomic mass is 10.2. The van der Waals surface area contributed by atoms with Gasteiger partial charge in [0, 0.05) is 12.6 Å². The Hall–Kier alpha value is -2.77. The number of methoxy groups -OCH3 is 2. The summed E-state index contributed by atoms with van der Waals surface area (Å²) in [6, 6.07) is 9.72. The minimum atomic E-state index is -0.543. The van der Waals surface area contributed by atoms with Gasteiger partial charge in [-0.25, -0.2) is 9.59 Å². The van der Waals surface area contributed by atoms with Crippen LogP contribution in [-0.4, -0.2) is 34.5 Å². The van der Waals surface area contributed by atoms with Gasteiger partial charge in [-0.15, -0.1) is 5.10 Å². The van der Waals surface area contributed by atoms with Gasteiger partial charge < -0.3 is 9.47 Å². The molecule has 0 spiro atoms.